The predicted octanol–water partition coefficient (Wildman–Crippen LogP) is 1.14. The van der Waals surface area contributed by atoms with Gasteiger partial charge in [-0.3, -0.25) is 4.99 Å². The Morgan fingerprint density at radius 2 is 2.17 bits per heavy atom. The first-order valence-electron chi connectivity index (χ1n) is 6.11. The molecule has 0 radical (unpaired) electrons. The van der Waals surface area contributed by atoms with E-state index in [0.717, 1.165) is 29.4 Å². The second-order valence-corrected chi connectivity index (χ2v) is 3.97. The summed E-state index contributed by atoms with van der Waals surface area (Å²) in [4.78, 5) is 4.07. The van der Waals surface area contributed by atoms with E-state index in [2.05, 4.69) is 15.6 Å². The van der Waals surface area contributed by atoms with Gasteiger partial charge in [-0.25, -0.2) is 0 Å². The van der Waals surface area contributed by atoms with E-state index in [1.807, 2.05) is 25.2 Å². The fraction of sp³-hybridized carbons (Fsp3) is 0.462. The average Bonchev–Trinajstić information content (AvgIpc) is 2.65. The molecule has 1 aromatic carbocycles. The van der Waals surface area contributed by atoms with E-state index in [1.165, 1.54) is 0 Å². The van der Waals surface area contributed by atoms with Crippen molar-refractivity contribution >= 4 is 5.96 Å². The molecule has 0 atom stereocenters. The fourth-order valence-electron chi connectivity index (χ4n) is 1.85. The van der Waals surface area contributed by atoms with E-state index < -0.39 is 0 Å². The molecule has 0 unspecified atom stereocenters. The number of ether oxygens (including phenoxy) is 2. The van der Waals surface area contributed by atoms with Gasteiger partial charge >= 0.3 is 0 Å². The molecule has 1 aliphatic rings. The molecule has 1 aliphatic heterocycles. The molecular formula is C13H19N3O2. The Morgan fingerprint density at radius 3 is 2.94 bits per heavy atom. The van der Waals surface area contributed by atoms with Crippen molar-refractivity contribution in [3.8, 4) is 11.5 Å². The highest BCUT2D eigenvalue weighted by Crippen LogP contribution is 2.32. The van der Waals surface area contributed by atoms with Gasteiger partial charge in [0, 0.05) is 32.6 Å². The molecule has 0 amide bonds. The molecule has 0 saturated heterocycles. The molecule has 0 spiro atoms. The molecule has 0 bridgehead atoms. The third-order valence-electron chi connectivity index (χ3n) is 2.76. The van der Waals surface area contributed by atoms with Crippen molar-refractivity contribution in [3.63, 3.8) is 0 Å². The summed E-state index contributed by atoms with van der Waals surface area (Å²) in [6.07, 6.45) is 0.916. The van der Waals surface area contributed by atoms with Crippen LogP contribution in [0.25, 0.3) is 0 Å². The summed E-state index contributed by atoms with van der Waals surface area (Å²) in [5, 5.41) is 6.19. The molecule has 0 saturated carbocycles. The number of guanidine groups is 1. The first-order chi connectivity index (χ1) is 8.85. The highest BCUT2D eigenvalue weighted by Gasteiger charge is 2.14. The number of fused-ring (bicyclic) bond motifs is 1. The van der Waals surface area contributed by atoms with E-state index >= 15 is 0 Å². The second-order valence-electron chi connectivity index (χ2n) is 3.97. The fourth-order valence-corrected chi connectivity index (χ4v) is 1.85. The standard InChI is InChI=1S/C13H19N3O2/c1-14-13(15-2)16-9-10-5-3-6-11-12(10)18-8-4-7-17-11/h3,5-6H,4,7-9H2,1-2H3,(H2,14,15,16). The number of nitrogens with zero attached hydrogens (tertiary/aromatic N) is 1. The highest BCUT2D eigenvalue weighted by atomic mass is 16.5. The van der Waals surface area contributed by atoms with Gasteiger partial charge < -0.3 is 20.1 Å². The Kier molecular flexibility index (Phi) is 4.28. The SMILES string of the molecule is CN=C(NC)NCc1cccc2c1OCCCO2. The lowest BCUT2D eigenvalue weighted by molar-refractivity contribution is 0.296. The van der Waals surface area contributed by atoms with Crippen LogP contribution in [0.4, 0.5) is 0 Å². The highest BCUT2D eigenvalue weighted by molar-refractivity contribution is 5.79. The van der Waals surface area contributed by atoms with Crippen LogP contribution in [-0.4, -0.2) is 33.3 Å². The van der Waals surface area contributed by atoms with Crippen LogP contribution < -0.4 is 20.1 Å². The third kappa shape index (κ3) is 2.85. The smallest absolute Gasteiger partial charge is 0.190 e. The van der Waals surface area contributed by atoms with Crippen molar-refractivity contribution in [2.45, 2.75) is 13.0 Å². The molecule has 0 fully saturated rings. The first kappa shape index (κ1) is 12.5. The third-order valence-corrected chi connectivity index (χ3v) is 2.76. The van der Waals surface area contributed by atoms with Gasteiger partial charge in [0.15, 0.2) is 17.5 Å². The normalized spacial score (nSPS) is 14.9. The minimum Gasteiger partial charge on any atom is -0.490 e. The summed E-state index contributed by atoms with van der Waals surface area (Å²) < 4.78 is 11.4. The first-order valence-corrected chi connectivity index (χ1v) is 6.11. The number of para-hydroxylation sites is 1. The molecule has 2 rings (SSSR count). The van der Waals surface area contributed by atoms with Crippen LogP contribution >= 0.6 is 0 Å². The Balaban J connectivity index is 2.13. The van der Waals surface area contributed by atoms with E-state index in [0.29, 0.717) is 19.8 Å². The summed E-state index contributed by atoms with van der Waals surface area (Å²) in [7, 11) is 3.57. The van der Waals surface area contributed by atoms with Crippen LogP contribution in [0, 0.1) is 0 Å². The summed E-state index contributed by atoms with van der Waals surface area (Å²) in [5.74, 6) is 2.42. The molecule has 5 nitrogen and oxygen atoms in total. The molecule has 5 heteroatoms. The summed E-state index contributed by atoms with van der Waals surface area (Å²) >= 11 is 0. The van der Waals surface area contributed by atoms with Gasteiger partial charge in [0.05, 0.1) is 13.2 Å². The Labute approximate surface area is 107 Å². The largest absolute Gasteiger partial charge is 0.490 e. The van der Waals surface area contributed by atoms with Gasteiger partial charge in [-0.2, -0.15) is 0 Å². The van der Waals surface area contributed by atoms with Gasteiger partial charge in [-0.15, -0.1) is 0 Å². The molecule has 0 aromatic heterocycles. The van der Waals surface area contributed by atoms with E-state index in [4.69, 9.17) is 9.47 Å². The zero-order chi connectivity index (χ0) is 12.8. The molecule has 1 aromatic rings. The number of hydrogen-bond donors (Lipinski definition) is 2. The number of hydrogen-bond acceptors (Lipinski definition) is 3. The van der Waals surface area contributed by atoms with Crippen molar-refractivity contribution in [1.29, 1.82) is 0 Å². The number of rotatable bonds is 2. The lowest BCUT2D eigenvalue weighted by Gasteiger charge is -2.14. The van der Waals surface area contributed by atoms with E-state index in [1.54, 1.807) is 7.05 Å². The topological polar surface area (TPSA) is 54.9 Å². The summed E-state index contributed by atoms with van der Waals surface area (Å²) in [6, 6.07) is 5.95. The minimum atomic E-state index is 0.653. The summed E-state index contributed by atoms with van der Waals surface area (Å²) in [6.45, 7) is 2.06. The minimum absolute atomic E-state index is 0.653. The second kappa shape index (κ2) is 6.14. The number of aliphatic imine (C=N–C) groups is 1. The number of nitrogens with one attached hydrogen (secondary N) is 2. The quantitative estimate of drug-likeness (QED) is 0.609. The lowest BCUT2D eigenvalue weighted by atomic mass is 10.2. The van der Waals surface area contributed by atoms with Crippen molar-refractivity contribution in [1.82, 2.24) is 10.6 Å². The Hall–Kier alpha value is -1.91. The molecule has 0 aliphatic carbocycles. The van der Waals surface area contributed by atoms with Gasteiger partial charge in [0.2, 0.25) is 0 Å². The van der Waals surface area contributed by atoms with Gasteiger partial charge in [0.25, 0.3) is 0 Å². The monoisotopic (exact) mass is 249 g/mol. The van der Waals surface area contributed by atoms with Crippen LogP contribution in [0.5, 0.6) is 11.5 Å². The van der Waals surface area contributed by atoms with E-state index in [-0.39, 0.29) is 0 Å². The molecular weight excluding hydrogens is 230 g/mol. The van der Waals surface area contributed by atoms with Crippen molar-refractivity contribution in [2.24, 2.45) is 4.99 Å². The van der Waals surface area contributed by atoms with Crippen molar-refractivity contribution in [3.05, 3.63) is 23.8 Å². The van der Waals surface area contributed by atoms with Gasteiger partial charge in [-0.1, -0.05) is 12.1 Å². The van der Waals surface area contributed by atoms with Gasteiger partial charge in [-0.05, 0) is 6.07 Å². The predicted molar refractivity (Wildman–Crippen MR) is 71.3 cm³/mol. The average molecular weight is 249 g/mol. The Bertz CT molecular complexity index is 432. The zero-order valence-electron chi connectivity index (χ0n) is 10.8. The van der Waals surface area contributed by atoms with Crippen LogP contribution in [0.1, 0.15) is 12.0 Å². The summed E-state index contributed by atoms with van der Waals surface area (Å²) in [5.41, 5.74) is 1.07. The van der Waals surface area contributed by atoms with Crippen LogP contribution in [0.15, 0.2) is 23.2 Å². The van der Waals surface area contributed by atoms with E-state index in [9.17, 15) is 0 Å². The zero-order valence-corrected chi connectivity index (χ0v) is 10.8. The molecule has 98 valence electrons. The maximum atomic E-state index is 5.75. The maximum absolute atomic E-state index is 5.75. The lowest BCUT2D eigenvalue weighted by Crippen LogP contribution is -2.34. The maximum Gasteiger partial charge on any atom is 0.190 e. The molecule has 18 heavy (non-hydrogen) atoms. The van der Waals surface area contributed by atoms with Crippen LogP contribution in [0.2, 0.25) is 0 Å². The van der Waals surface area contributed by atoms with Crippen LogP contribution in [0.3, 0.4) is 0 Å². The van der Waals surface area contributed by atoms with Crippen LogP contribution in [-0.2, 0) is 6.54 Å². The molecule has 1 heterocycles. The van der Waals surface area contributed by atoms with Crippen molar-refractivity contribution in [2.75, 3.05) is 27.3 Å². The van der Waals surface area contributed by atoms with Gasteiger partial charge in [0.1, 0.15) is 0 Å². The Morgan fingerprint density at radius 1 is 1.33 bits per heavy atom. The van der Waals surface area contributed by atoms with Crippen molar-refractivity contribution < 1.29 is 9.47 Å². The molecule has 2 N–H and O–H groups in total. The number of benzene rings is 1.